The maximum atomic E-state index is 11.9. The molecule has 10 heteroatoms. The Hall–Kier alpha value is -1.90. The van der Waals surface area contributed by atoms with Gasteiger partial charge in [-0.3, -0.25) is 20.0 Å². The molecule has 2 rings (SSSR count). The summed E-state index contributed by atoms with van der Waals surface area (Å²) in [7, 11) is 1.70. The molecule has 2 heterocycles. The van der Waals surface area contributed by atoms with Crippen LogP contribution in [-0.4, -0.2) is 70.1 Å². The number of rotatable bonds is 5. The maximum absolute atomic E-state index is 11.9. The quantitative estimate of drug-likeness (QED) is 0.264. The van der Waals surface area contributed by atoms with Crippen molar-refractivity contribution >= 4 is 6.21 Å². The number of nitrogens with zero attached hydrogens (tertiary/aromatic N) is 7. The van der Waals surface area contributed by atoms with Gasteiger partial charge in [0.25, 0.3) is 0 Å². The largest absolute Gasteiger partial charge is 0.393 e. The Kier molecular flexibility index (Phi) is 4.55. The van der Waals surface area contributed by atoms with E-state index < -0.39 is 16.1 Å². The highest BCUT2D eigenvalue weighted by Gasteiger charge is 2.68. The molecule has 1 fully saturated rings. The average molecular weight is 311 g/mol. The topological polar surface area (TPSA) is 131 Å². The second kappa shape index (κ2) is 6.07. The van der Waals surface area contributed by atoms with Crippen molar-refractivity contribution in [3.8, 4) is 0 Å². The number of hydrogen-bond acceptors (Lipinski definition) is 7. The van der Waals surface area contributed by atoms with Crippen LogP contribution >= 0.6 is 0 Å². The van der Waals surface area contributed by atoms with Crippen molar-refractivity contribution < 1.29 is 10.0 Å². The number of aliphatic hydroxyl groups excluding tert-OH is 1. The number of hydrogen-bond donors (Lipinski definition) is 1. The molecular formula is C12H21N7O3. The lowest BCUT2D eigenvalue weighted by molar-refractivity contribution is -0.566. The van der Waals surface area contributed by atoms with E-state index in [1.165, 1.54) is 6.21 Å². The molecule has 122 valence electrons. The molecule has 1 saturated heterocycles. The zero-order valence-corrected chi connectivity index (χ0v) is 12.8. The van der Waals surface area contributed by atoms with Crippen molar-refractivity contribution in [1.82, 2.24) is 9.91 Å². The normalized spacial score (nSPS) is 33.0. The standard InChI is InChI=1S/C12H21N7O3/c1-3-12(18-6-4-10(20)5-7-18)11(19(21)22,8-14-16-13)9-15-17(12)2/h9-10,20H,3-8H2,1-2H3. The highest BCUT2D eigenvalue weighted by atomic mass is 16.6. The number of likely N-dealkylation sites (tertiary alicyclic amines) is 1. The fourth-order valence-corrected chi connectivity index (χ4v) is 3.69. The van der Waals surface area contributed by atoms with E-state index in [9.17, 15) is 15.2 Å². The molecule has 2 atom stereocenters. The van der Waals surface area contributed by atoms with E-state index in [1.807, 2.05) is 11.8 Å². The average Bonchev–Trinajstić information content (AvgIpc) is 2.80. The van der Waals surface area contributed by atoms with Crippen LogP contribution in [0.2, 0.25) is 0 Å². The minimum absolute atomic E-state index is 0.294. The summed E-state index contributed by atoms with van der Waals surface area (Å²) in [4.78, 5) is 16.2. The number of piperidine rings is 1. The predicted molar refractivity (Wildman–Crippen MR) is 79.8 cm³/mol. The molecule has 0 bridgehead atoms. The number of likely N-dealkylation sites (N-methyl/N-ethyl adjacent to an activating group) is 1. The molecule has 0 amide bonds. The second-order valence-corrected chi connectivity index (χ2v) is 5.73. The van der Waals surface area contributed by atoms with Gasteiger partial charge in [0.05, 0.1) is 6.10 Å². The summed E-state index contributed by atoms with van der Waals surface area (Å²) in [6.07, 6.45) is 2.48. The minimum atomic E-state index is -1.59. The van der Waals surface area contributed by atoms with Crippen LogP contribution in [0.5, 0.6) is 0 Å². The van der Waals surface area contributed by atoms with E-state index in [0.29, 0.717) is 32.4 Å². The third-order valence-corrected chi connectivity index (χ3v) is 4.85. The molecule has 0 saturated carbocycles. The fourth-order valence-electron chi connectivity index (χ4n) is 3.69. The van der Waals surface area contributed by atoms with Crippen LogP contribution in [-0.2, 0) is 0 Å². The molecular weight excluding hydrogens is 290 g/mol. The Labute approximate surface area is 128 Å². The Morgan fingerprint density at radius 1 is 1.59 bits per heavy atom. The van der Waals surface area contributed by atoms with E-state index in [1.54, 1.807) is 12.1 Å². The summed E-state index contributed by atoms with van der Waals surface area (Å²) in [6, 6.07) is 0. The molecule has 1 N–H and O–H groups in total. The Bertz CT molecular complexity index is 513. The van der Waals surface area contributed by atoms with Gasteiger partial charge in [0.1, 0.15) is 12.8 Å². The lowest BCUT2D eigenvalue weighted by Gasteiger charge is -2.50. The van der Waals surface area contributed by atoms with Gasteiger partial charge < -0.3 is 5.11 Å². The molecule has 0 radical (unpaired) electrons. The van der Waals surface area contributed by atoms with E-state index in [-0.39, 0.29) is 12.6 Å². The van der Waals surface area contributed by atoms with Gasteiger partial charge in [0.2, 0.25) is 0 Å². The highest BCUT2D eigenvalue weighted by Crippen LogP contribution is 2.42. The van der Waals surface area contributed by atoms with Gasteiger partial charge >= 0.3 is 5.54 Å². The lowest BCUT2D eigenvalue weighted by atomic mass is 9.81. The van der Waals surface area contributed by atoms with E-state index in [4.69, 9.17) is 5.53 Å². The Balaban J connectivity index is 2.48. The monoisotopic (exact) mass is 311 g/mol. The van der Waals surface area contributed by atoms with Crippen molar-refractivity contribution in [2.45, 2.75) is 43.5 Å². The van der Waals surface area contributed by atoms with Gasteiger partial charge in [0, 0.05) is 30.0 Å². The summed E-state index contributed by atoms with van der Waals surface area (Å²) < 4.78 is 0. The van der Waals surface area contributed by atoms with Crippen molar-refractivity contribution in [2.75, 3.05) is 26.7 Å². The third-order valence-electron chi connectivity index (χ3n) is 4.85. The van der Waals surface area contributed by atoms with Gasteiger partial charge in [0.15, 0.2) is 5.66 Å². The van der Waals surface area contributed by atoms with Crippen molar-refractivity contribution in [3.05, 3.63) is 20.6 Å². The van der Waals surface area contributed by atoms with Crippen LogP contribution in [0.25, 0.3) is 10.4 Å². The smallest absolute Gasteiger partial charge is 0.301 e. The van der Waals surface area contributed by atoms with Crippen LogP contribution in [0.1, 0.15) is 26.2 Å². The first-order valence-corrected chi connectivity index (χ1v) is 7.32. The molecule has 2 unspecified atom stereocenters. The van der Waals surface area contributed by atoms with Gasteiger partial charge in [-0.1, -0.05) is 12.0 Å². The first-order valence-electron chi connectivity index (χ1n) is 7.32. The van der Waals surface area contributed by atoms with E-state index >= 15 is 0 Å². The summed E-state index contributed by atoms with van der Waals surface area (Å²) in [6.45, 7) is 2.64. The lowest BCUT2D eigenvalue weighted by Crippen LogP contribution is -2.73. The number of hydrazone groups is 1. The molecule has 0 aromatic rings. The third kappa shape index (κ3) is 2.20. The van der Waals surface area contributed by atoms with Crippen LogP contribution in [0.15, 0.2) is 10.2 Å². The first-order chi connectivity index (χ1) is 10.4. The van der Waals surface area contributed by atoms with Gasteiger partial charge in [-0.2, -0.15) is 5.10 Å². The fraction of sp³-hybridized carbons (Fsp3) is 0.917. The highest BCUT2D eigenvalue weighted by molar-refractivity contribution is 5.73. The summed E-state index contributed by atoms with van der Waals surface area (Å²) in [5.41, 5.74) is 6.02. The molecule has 22 heavy (non-hydrogen) atoms. The van der Waals surface area contributed by atoms with E-state index in [2.05, 4.69) is 15.1 Å². The zero-order valence-electron chi connectivity index (χ0n) is 12.8. The Morgan fingerprint density at radius 2 is 2.23 bits per heavy atom. The van der Waals surface area contributed by atoms with Crippen molar-refractivity contribution in [3.63, 3.8) is 0 Å². The van der Waals surface area contributed by atoms with Crippen LogP contribution < -0.4 is 0 Å². The second-order valence-electron chi connectivity index (χ2n) is 5.73. The number of aliphatic hydroxyl groups is 1. The number of azide groups is 1. The SMILES string of the molecule is CCC1(N2CCC(O)CC2)N(C)N=CC1(CN=[N+]=[N-])[N+](=O)[O-]. The molecule has 0 aromatic heterocycles. The van der Waals surface area contributed by atoms with Crippen LogP contribution in [0.4, 0.5) is 0 Å². The number of nitro groups is 1. The van der Waals surface area contributed by atoms with Crippen LogP contribution in [0, 0.1) is 10.1 Å². The molecule has 0 aliphatic carbocycles. The van der Waals surface area contributed by atoms with Gasteiger partial charge in [-0.15, -0.1) is 0 Å². The van der Waals surface area contributed by atoms with E-state index in [0.717, 1.165) is 0 Å². The van der Waals surface area contributed by atoms with Gasteiger partial charge in [-0.25, -0.2) is 0 Å². The summed E-state index contributed by atoms with van der Waals surface area (Å²) in [5, 5.41) is 30.8. The van der Waals surface area contributed by atoms with Crippen molar-refractivity contribution in [2.24, 2.45) is 10.2 Å². The van der Waals surface area contributed by atoms with Crippen molar-refractivity contribution in [1.29, 1.82) is 0 Å². The molecule has 2 aliphatic rings. The predicted octanol–water partition coefficient (Wildman–Crippen LogP) is 0.806. The maximum Gasteiger partial charge on any atom is 0.301 e. The molecule has 0 aromatic carbocycles. The Morgan fingerprint density at radius 3 is 2.73 bits per heavy atom. The minimum Gasteiger partial charge on any atom is -0.393 e. The molecule has 2 aliphatic heterocycles. The molecule has 0 spiro atoms. The van der Waals surface area contributed by atoms with Gasteiger partial charge in [-0.05, 0) is 24.8 Å². The zero-order chi connectivity index (χ0) is 16.4. The summed E-state index contributed by atoms with van der Waals surface area (Å²) in [5.74, 6) is 0. The summed E-state index contributed by atoms with van der Waals surface area (Å²) >= 11 is 0. The molecule has 10 nitrogen and oxygen atoms in total. The first kappa shape index (κ1) is 16.5. The van der Waals surface area contributed by atoms with Crippen LogP contribution in [0.3, 0.4) is 0 Å².